The molecule has 0 radical (unpaired) electrons. The zero-order valence-corrected chi connectivity index (χ0v) is 21.8. The lowest BCUT2D eigenvalue weighted by Gasteiger charge is -2.28. The molecule has 37 heavy (non-hydrogen) atoms. The normalized spacial score (nSPS) is 19.6. The average Bonchev–Trinajstić information content (AvgIpc) is 3.61. The Morgan fingerprint density at radius 2 is 1.89 bits per heavy atom. The maximum absolute atomic E-state index is 12.9. The lowest BCUT2D eigenvalue weighted by Crippen LogP contribution is -2.36. The molecule has 192 valence electrons. The maximum Gasteiger partial charge on any atom is 0.234 e. The van der Waals surface area contributed by atoms with Crippen molar-refractivity contribution in [2.45, 2.75) is 32.2 Å². The van der Waals surface area contributed by atoms with Gasteiger partial charge in [-0.15, -0.1) is 11.3 Å². The van der Waals surface area contributed by atoms with Gasteiger partial charge < -0.3 is 9.64 Å². The fourth-order valence-corrected chi connectivity index (χ4v) is 6.45. The van der Waals surface area contributed by atoms with Crippen molar-refractivity contribution in [3.05, 3.63) is 60.0 Å². The highest BCUT2D eigenvalue weighted by Gasteiger charge is 2.24. The van der Waals surface area contributed by atoms with Crippen molar-refractivity contribution >= 4 is 33.3 Å². The number of aromatic nitrogens is 4. The van der Waals surface area contributed by atoms with Crippen LogP contribution in [-0.4, -0.2) is 69.7 Å². The molecule has 9 heteroatoms. The van der Waals surface area contributed by atoms with E-state index in [1.165, 1.54) is 4.88 Å². The smallest absolute Gasteiger partial charge is 0.234 e. The number of ether oxygens (including phenoxy) is 1. The molecule has 0 bridgehead atoms. The van der Waals surface area contributed by atoms with E-state index < -0.39 is 0 Å². The van der Waals surface area contributed by atoms with Gasteiger partial charge in [-0.3, -0.25) is 14.3 Å². The minimum Gasteiger partial charge on any atom is -0.378 e. The minimum atomic E-state index is 0.0478. The Kier molecular flexibility index (Phi) is 7.25. The van der Waals surface area contributed by atoms with E-state index >= 15 is 0 Å². The number of hydrogen-bond acceptors (Lipinski definition) is 8. The first kappa shape index (κ1) is 24.2. The molecule has 0 spiro atoms. The predicted molar refractivity (Wildman–Crippen MR) is 146 cm³/mol. The molecule has 0 saturated carbocycles. The van der Waals surface area contributed by atoms with Crippen LogP contribution in [0.2, 0.25) is 0 Å². The molecule has 1 unspecified atom stereocenters. The molecule has 5 heterocycles. The first-order chi connectivity index (χ1) is 18.2. The summed E-state index contributed by atoms with van der Waals surface area (Å²) in [5.41, 5.74) is 2.04. The van der Waals surface area contributed by atoms with Crippen molar-refractivity contribution in [1.29, 1.82) is 0 Å². The molecule has 2 saturated heterocycles. The largest absolute Gasteiger partial charge is 0.378 e. The third-order valence-corrected chi connectivity index (χ3v) is 8.41. The van der Waals surface area contributed by atoms with Crippen LogP contribution in [0.25, 0.3) is 21.6 Å². The molecule has 2 aliphatic rings. The van der Waals surface area contributed by atoms with E-state index in [0.717, 1.165) is 99.0 Å². The Morgan fingerprint density at radius 3 is 2.70 bits per heavy atom. The van der Waals surface area contributed by atoms with Gasteiger partial charge in [-0.05, 0) is 38.4 Å². The third-order valence-electron chi connectivity index (χ3n) is 7.31. The van der Waals surface area contributed by atoms with Gasteiger partial charge in [0.2, 0.25) is 5.91 Å². The van der Waals surface area contributed by atoms with E-state index in [9.17, 15) is 4.79 Å². The summed E-state index contributed by atoms with van der Waals surface area (Å²) in [7, 11) is 0. The number of rotatable bonds is 5. The highest BCUT2D eigenvalue weighted by atomic mass is 32.1. The van der Waals surface area contributed by atoms with Crippen LogP contribution in [0.5, 0.6) is 0 Å². The van der Waals surface area contributed by atoms with Gasteiger partial charge in [-0.25, -0.2) is 15.0 Å². The van der Waals surface area contributed by atoms with Crippen LogP contribution in [0.1, 0.15) is 35.4 Å². The molecule has 2 aliphatic heterocycles. The number of hydrogen-bond donors (Lipinski definition) is 0. The summed E-state index contributed by atoms with van der Waals surface area (Å²) in [4.78, 5) is 33.1. The lowest BCUT2D eigenvalue weighted by atomic mass is 9.95. The predicted octanol–water partition coefficient (Wildman–Crippen LogP) is 4.72. The van der Waals surface area contributed by atoms with Gasteiger partial charge in [-0.1, -0.05) is 36.8 Å². The van der Waals surface area contributed by atoms with E-state index in [1.54, 1.807) is 34.6 Å². The number of fused-ring (bicyclic) bond motifs is 1. The number of carbonyl (C=O) groups is 1. The molecule has 1 atom stereocenters. The molecule has 2 fully saturated rings. The summed E-state index contributed by atoms with van der Waals surface area (Å²) in [6.07, 6.45) is 9.05. The van der Waals surface area contributed by atoms with Gasteiger partial charge in [0, 0.05) is 48.4 Å². The van der Waals surface area contributed by atoms with E-state index in [1.807, 2.05) is 18.2 Å². The van der Waals surface area contributed by atoms with E-state index in [2.05, 4.69) is 33.0 Å². The van der Waals surface area contributed by atoms with Gasteiger partial charge >= 0.3 is 0 Å². The minimum absolute atomic E-state index is 0.0478. The zero-order valence-electron chi connectivity index (χ0n) is 21.0. The fourth-order valence-electron chi connectivity index (χ4n) is 5.29. The molecule has 8 nitrogen and oxygen atoms in total. The zero-order chi connectivity index (χ0) is 25.0. The molecule has 4 aromatic rings. The van der Waals surface area contributed by atoms with E-state index in [-0.39, 0.29) is 11.8 Å². The van der Waals surface area contributed by atoms with Crippen molar-refractivity contribution in [2.75, 3.05) is 44.3 Å². The van der Waals surface area contributed by atoms with Gasteiger partial charge in [0.25, 0.3) is 0 Å². The Morgan fingerprint density at radius 1 is 1.03 bits per heavy atom. The van der Waals surface area contributed by atoms with Crippen LogP contribution in [0.3, 0.4) is 0 Å². The fraction of sp³-hybridized carbons (Fsp3) is 0.429. The summed E-state index contributed by atoms with van der Waals surface area (Å²) >= 11 is 1.80. The Balaban J connectivity index is 1.25. The van der Waals surface area contributed by atoms with E-state index in [4.69, 9.17) is 14.7 Å². The Bertz CT molecular complexity index is 1330. The Labute approximate surface area is 220 Å². The van der Waals surface area contributed by atoms with Crippen LogP contribution < -0.4 is 4.90 Å². The van der Waals surface area contributed by atoms with Gasteiger partial charge in [0.1, 0.15) is 6.33 Å². The number of anilines is 1. The quantitative estimate of drug-likeness (QED) is 0.380. The van der Waals surface area contributed by atoms with Crippen molar-refractivity contribution in [3.8, 4) is 11.4 Å². The molecule has 0 amide bonds. The third kappa shape index (κ3) is 5.44. The monoisotopic (exact) mass is 516 g/mol. The molecule has 1 aromatic carbocycles. The van der Waals surface area contributed by atoms with Crippen LogP contribution in [0.4, 0.5) is 5.82 Å². The first-order valence-corrected chi connectivity index (χ1v) is 14.0. The summed E-state index contributed by atoms with van der Waals surface area (Å²) < 4.78 is 8.40. The highest BCUT2D eigenvalue weighted by molar-refractivity contribution is 7.19. The van der Waals surface area contributed by atoms with Crippen molar-refractivity contribution in [1.82, 2.24) is 24.4 Å². The topological polar surface area (TPSA) is 76.4 Å². The van der Waals surface area contributed by atoms with Crippen LogP contribution in [0, 0.1) is 5.92 Å². The van der Waals surface area contributed by atoms with Crippen LogP contribution >= 0.6 is 11.3 Å². The number of likely N-dealkylation sites (tertiary alicyclic amines) is 1. The summed E-state index contributed by atoms with van der Waals surface area (Å²) in [5.74, 6) is 2.00. The molecular formula is C28H32N6O2S. The average molecular weight is 517 g/mol. The number of imidazole rings is 1. The van der Waals surface area contributed by atoms with Crippen molar-refractivity contribution < 1.29 is 9.53 Å². The maximum atomic E-state index is 12.9. The SMILES string of the molecule is O=C(C1CCCCN(Cc2cc3nc(-c4ccccc4)nc(N4CCOCC4)c3s2)CC1)n1ccnc1. The van der Waals surface area contributed by atoms with Gasteiger partial charge in [-0.2, -0.15) is 0 Å². The van der Waals surface area contributed by atoms with Crippen LogP contribution in [-0.2, 0) is 11.3 Å². The second-order valence-corrected chi connectivity index (χ2v) is 11.0. The highest BCUT2D eigenvalue weighted by Crippen LogP contribution is 2.35. The first-order valence-electron chi connectivity index (χ1n) is 13.2. The number of thiophene rings is 1. The number of nitrogens with zero attached hydrogens (tertiary/aromatic N) is 6. The standard InChI is InChI=1S/C28H32N6O2S/c35-28(34-13-10-29-20-34)22-8-4-5-11-32(12-9-22)19-23-18-24-25(37-23)27(33-14-16-36-17-15-33)31-26(30-24)21-6-2-1-3-7-21/h1-3,6-7,10,13,18,20,22H,4-5,8-9,11-12,14-17,19H2. The van der Waals surface area contributed by atoms with Crippen LogP contribution in [0.15, 0.2) is 55.1 Å². The number of benzene rings is 1. The summed E-state index contributed by atoms with van der Waals surface area (Å²) in [5, 5.41) is 0. The molecular weight excluding hydrogens is 484 g/mol. The number of morpholine rings is 1. The van der Waals surface area contributed by atoms with Gasteiger partial charge in [0.15, 0.2) is 11.6 Å². The molecule has 0 aliphatic carbocycles. The Hall–Kier alpha value is -3.14. The molecule has 6 rings (SSSR count). The van der Waals surface area contributed by atoms with Crippen molar-refractivity contribution in [2.24, 2.45) is 5.92 Å². The van der Waals surface area contributed by atoms with E-state index in [0.29, 0.717) is 0 Å². The second kappa shape index (κ2) is 11.1. The molecule has 0 N–H and O–H groups in total. The summed E-state index contributed by atoms with van der Waals surface area (Å²) in [6.45, 7) is 5.96. The number of carbonyl (C=O) groups excluding carboxylic acids is 1. The summed E-state index contributed by atoms with van der Waals surface area (Å²) in [6, 6.07) is 12.5. The molecule has 3 aromatic heterocycles. The lowest BCUT2D eigenvalue weighted by molar-refractivity contribution is 0.0791. The van der Waals surface area contributed by atoms with Gasteiger partial charge in [0.05, 0.1) is 23.4 Å². The van der Waals surface area contributed by atoms with Crippen molar-refractivity contribution in [3.63, 3.8) is 0 Å². The second-order valence-electron chi connectivity index (χ2n) is 9.83.